The van der Waals surface area contributed by atoms with Crippen molar-refractivity contribution < 1.29 is 37.4 Å². The number of imidazole rings is 1. The summed E-state index contributed by atoms with van der Waals surface area (Å²) in [7, 11) is 0. The number of nitrogen functional groups attached to an aromatic ring is 1. The zero-order valence-corrected chi connectivity index (χ0v) is 17.4. The van der Waals surface area contributed by atoms with Crippen molar-refractivity contribution in [3.63, 3.8) is 0 Å². The van der Waals surface area contributed by atoms with Gasteiger partial charge in [-0.2, -0.15) is 13.2 Å². The summed E-state index contributed by atoms with van der Waals surface area (Å²) in [6.45, 7) is 2.00. The van der Waals surface area contributed by atoms with Crippen LogP contribution < -0.4 is 16.7 Å². The van der Waals surface area contributed by atoms with E-state index >= 15 is 0 Å². The van der Waals surface area contributed by atoms with Crippen molar-refractivity contribution in [2.45, 2.75) is 26.1 Å². The first kappa shape index (κ1) is 26.9. The number of aliphatic carboxylic acids is 1. The van der Waals surface area contributed by atoms with Crippen LogP contribution in [0, 0.1) is 5.41 Å². The molecule has 2 aromatic rings. The van der Waals surface area contributed by atoms with Gasteiger partial charge in [-0.25, -0.2) is 9.59 Å². The average Bonchev–Trinajstić information content (AvgIpc) is 3.08. The highest BCUT2D eigenvalue weighted by atomic mass is 19.4. The number of esters is 1. The lowest BCUT2D eigenvalue weighted by Crippen LogP contribution is -2.33. The van der Waals surface area contributed by atoms with Crippen molar-refractivity contribution >= 4 is 23.7 Å². The van der Waals surface area contributed by atoms with E-state index in [9.17, 15) is 27.6 Å². The van der Waals surface area contributed by atoms with Gasteiger partial charge in [0.2, 0.25) is 5.91 Å². The molecule has 0 radical (unpaired) electrons. The number of rotatable bonds is 8. The number of carboxylic acid groups (broad SMARTS) is 1. The lowest BCUT2D eigenvalue weighted by Gasteiger charge is -2.06. The number of alkyl halides is 3. The van der Waals surface area contributed by atoms with Crippen molar-refractivity contribution in [1.82, 2.24) is 14.5 Å². The van der Waals surface area contributed by atoms with Gasteiger partial charge in [-0.3, -0.25) is 24.1 Å². The summed E-state index contributed by atoms with van der Waals surface area (Å²) >= 11 is 0. The number of carboxylic acids is 1. The summed E-state index contributed by atoms with van der Waals surface area (Å²) in [4.78, 5) is 44.4. The monoisotopic (exact) mass is 473 g/mol. The predicted octanol–water partition coefficient (Wildman–Crippen LogP) is 0.626. The number of hydrogen-bond donors (Lipinski definition) is 4. The van der Waals surface area contributed by atoms with Gasteiger partial charge in [0.1, 0.15) is 12.4 Å². The molecule has 5 N–H and O–H groups in total. The Kier molecular flexibility index (Phi) is 9.85. The second-order valence-corrected chi connectivity index (χ2v) is 6.25. The molecule has 0 saturated carbocycles. The van der Waals surface area contributed by atoms with E-state index in [1.807, 2.05) is 0 Å². The molecule has 1 aromatic heterocycles. The summed E-state index contributed by atoms with van der Waals surface area (Å²) in [6, 6.07) is 6.62. The Labute approximate surface area is 185 Å². The van der Waals surface area contributed by atoms with E-state index < -0.39 is 12.1 Å². The predicted molar refractivity (Wildman–Crippen MR) is 109 cm³/mol. The van der Waals surface area contributed by atoms with E-state index in [0.29, 0.717) is 17.9 Å². The first-order valence-corrected chi connectivity index (χ1v) is 9.31. The number of benzene rings is 1. The molecule has 1 heterocycles. The van der Waals surface area contributed by atoms with E-state index in [1.165, 1.54) is 15.3 Å². The van der Waals surface area contributed by atoms with Gasteiger partial charge in [0.25, 0.3) is 0 Å². The van der Waals surface area contributed by atoms with Crippen LogP contribution in [-0.4, -0.2) is 57.3 Å². The topological polar surface area (TPSA) is 169 Å². The van der Waals surface area contributed by atoms with Crippen LogP contribution in [0.2, 0.25) is 0 Å². The molecule has 0 spiro atoms. The molecular formula is C19H22F3N5O6. The van der Waals surface area contributed by atoms with Gasteiger partial charge in [0.05, 0.1) is 18.7 Å². The molecule has 1 aromatic carbocycles. The van der Waals surface area contributed by atoms with Gasteiger partial charge in [0, 0.05) is 24.5 Å². The third kappa shape index (κ3) is 8.88. The van der Waals surface area contributed by atoms with Crippen LogP contribution in [0.3, 0.4) is 0 Å². The Morgan fingerprint density at radius 3 is 2.24 bits per heavy atom. The Morgan fingerprint density at radius 1 is 1.18 bits per heavy atom. The second kappa shape index (κ2) is 12.1. The van der Waals surface area contributed by atoms with Crippen LogP contribution in [-0.2, 0) is 25.7 Å². The van der Waals surface area contributed by atoms with Crippen LogP contribution in [0.4, 0.5) is 13.2 Å². The highest BCUT2D eigenvalue weighted by Gasteiger charge is 2.38. The van der Waals surface area contributed by atoms with Crippen molar-refractivity contribution in [2.24, 2.45) is 5.73 Å². The summed E-state index contributed by atoms with van der Waals surface area (Å²) in [5, 5.41) is 17.1. The number of amides is 1. The Morgan fingerprint density at radius 2 is 1.76 bits per heavy atom. The zero-order valence-electron chi connectivity index (χ0n) is 17.4. The highest BCUT2D eigenvalue weighted by molar-refractivity contribution is 5.95. The molecule has 0 unspecified atom stereocenters. The maximum Gasteiger partial charge on any atom is 0.490 e. The summed E-state index contributed by atoms with van der Waals surface area (Å²) < 4.78 is 39.1. The lowest BCUT2D eigenvalue weighted by atomic mass is 10.2. The van der Waals surface area contributed by atoms with Gasteiger partial charge in [-0.05, 0) is 31.2 Å². The molecule has 0 saturated heterocycles. The fourth-order valence-corrected chi connectivity index (χ4v) is 2.28. The fourth-order valence-electron chi connectivity index (χ4n) is 2.28. The number of amidine groups is 1. The second-order valence-electron chi connectivity index (χ2n) is 6.25. The van der Waals surface area contributed by atoms with Crippen molar-refractivity contribution in [1.29, 1.82) is 5.41 Å². The lowest BCUT2D eigenvalue weighted by molar-refractivity contribution is -0.192. The first-order chi connectivity index (χ1) is 15.4. The van der Waals surface area contributed by atoms with Gasteiger partial charge in [-0.1, -0.05) is 0 Å². The molecule has 0 fully saturated rings. The molecule has 0 aliphatic carbocycles. The number of nitrogens with one attached hydrogen (secondary N) is 2. The number of ether oxygens (including phenoxy) is 1. The number of carbonyl (C=O) groups excluding carboxylic acids is 2. The number of aromatic nitrogens is 2. The third-order valence-electron chi connectivity index (χ3n) is 3.82. The maximum absolute atomic E-state index is 12.4. The van der Waals surface area contributed by atoms with Crippen molar-refractivity contribution in [3.05, 3.63) is 52.7 Å². The molecule has 11 nitrogen and oxygen atoms in total. The van der Waals surface area contributed by atoms with Gasteiger partial charge in [-0.15, -0.1) is 0 Å². The number of hydrogen-bond acceptors (Lipinski definition) is 6. The van der Waals surface area contributed by atoms with Crippen LogP contribution in [0.25, 0.3) is 5.69 Å². The van der Waals surface area contributed by atoms with Crippen molar-refractivity contribution in [3.8, 4) is 5.69 Å². The molecular weight excluding hydrogens is 451 g/mol. The Bertz CT molecular complexity index is 1040. The Balaban J connectivity index is 0.000000675. The first-order valence-electron chi connectivity index (χ1n) is 9.31. The normalized spacial score (nSPS) is 10.5. The average molecular weight is 473 g/mol. The molecule has 0 aliphatic rings. The molecule has 0 bridgehead atoms. The van der Waals surface area contributed by atoms with Crippen LogP contribution >= 0.6 is 0 Å². The quantitative estimate of drug-likeness (QED) is 0.247. The standard InChI is InChI=1S/C17H21N5O4.C2HF3O2/c1-2-26-15(24)7-8-20-14(23)11-21-9-10-22(17(21)25)13-5-3-12(4-6-13)16(18)19;3-2(4,5)1(6)7/h3-6,9-10H,2,7-8,11H2,1H3,(H3,18,19)(H,20,23);(H,6,7). The number of nitrogens with two attached hydrogens (primary N) is 1. The SMILES string of the molecule is CCOC(=O)CCNC(=O)Cn1ccn(-c2ccc(C(=N)N)cc2)c1=O.O=C(O)C(F)(F)F. The summed E-state index contributed by atoms with van der Waals surface area (Å²) in [5.41, 5.74) is 6.19. The molecule has 33 heavy (non-hydrogen) atoms. The largest absolute Gasteiger partial charge is 0.490 e. The summed E-state index contributed by atoms with van der Waals surface area (Å²) in [6.07, 6.45) is -1.94. The molecule has 14 heteroatoms. The summed E-state index contributed by atoms with van der Waals surface area (Å²) in [5.74, 6) is -3.57. The number of carbonyl (C=O) groups is 3. The van der Waals surface area contributed by atoms with E-state index in [0.717, 1.165) is 0 Å². The maximum atomic E-state index is 12.4. The van der Waals surface area contributed by atoms with Gasteiger partial charge < -0.3 is 20.9 Å². The number of nitrogens with zero attached hydrogens (tertiary/aromatic N) is 2. The van der Waals surface area contributed by atoms with Crippen LogP contribution in [0.1, 0.15) is 18.9 Å². The van der Waals surface area contributed by atoms with E-state index in [-0.39, 0.29) is 42.9 Å². The van der Waals surface area contributed by atoms with E-state index in [2.05, 4.69) is 5.32 Å². The highest BCUT2D eigenvalue weighted by Crippen LogP contribution is 2.13. The van der Waals surface area contributed by atoms with Crippen molar-refractivity contribution in [2.75, 3.05) is 13.2 Å². The molecule has 0 atom stereocenters. The van der Waals surface area contributed by atoms with Crippen LogP contribution in [0.5, 0.6) is 0 Å². The Hall–Kier alpha value is -4.10. The minimum Gasteiger partial charge on any atom is -0.475 e. The van der Waals surface area contributed by atoms with E-state index in [4.69, 9.17) is 25.8 Å². The smallest absolute Gasteiger partial charge is 0.475 e. The minimum atomic E-state index is -5.08. The third-order valence-corrected chi connectivity index (χ3v) is 3.82. The molecule has 0 aliphatic heterocycles. The fraction of sp³-hybridized carbons (Fsp3) is 0.316. The molecule has 2 rings (SSSR count). The molecule has 180 valence electrons. The van der Waals surface area contributed by atoms with Gasteiger partial charge >= 0.3 is 23.8 Å². The number of halogens is 3. The van der Waals surface area contributed by atoms with E-state index in [1.54, 1.807) is 37.4 Å². The molecule has 1 amide bonds. The minimum absolute atomic E-state index is 0.0547. The van der Waals surface area contributed by atoms with Gasteiger partial charge in [0.15, 0.2) is 0 Å². The zero-order chi connectivity index (χ0) is 25.2. The van der Waals surface area contributed by atoms with Crippen LogP contribution in [0.15, 0.2) is 41.5 Å².